The first-order chi connectivity index (χ1) is 12.9. The Morgan fingerprint density at radius 3 is 2.23 bits per heavy atom. The van der Waals surface area contributed by atoms with Crippen LogP contribution in [-0.2, 0) is 0 Å². The topological polar surface area (TPSA) is 9.23 Å². The van der Waals surface area contributed by atoms with Crippen molar-refractivity contribution in [1.29, 1.82) is 0 Å². The first-order valence-electron chi connectivity index (χ1n) is 11.0. The van der Waals surface area contributed by atoms with Gasteiger partial charge in [-0.3, -0.25) is 4.48 Å². The SMILES string of the molecule is CCCCOc1cccc2c1S[CH][N+]2(C1CCCCC1)C1CCCCC1. The van der Waals surface area contributed by atoms with Crippen molar-refractivity contribution in [3.8, 4) is 5.75 Å². The molecule has 0 spiro atoms. The highest BCUT2D eigenvalue weighted by molar-refractivity contribution is 8.01. The number of hydrogen-bond acceptors (Lipinski definition) is 2. The summed E-state index contributed by atoms with van der Waals surface area (Å²) >= 11 is 1.97. The van der Waals surface area contributed by atoms with Gasteiger partial charge in [-0.15, -0.1) is 0 Å². The van der Waals surface area contributed by atoms with Crippen molar-refractivity contribution in [3.63, 3.8) is 0 Å². The van der Waals surface area contributed by atoms with Gasteiger partial charge in [0.1, 0.15) is 10.6 Å². The highest BCUT2D eigenvalue weighted by Gasteiger charge is 2.52. The van der Waals surface area contributed by atoms with E-state index in [0.29, 0.717) is 0 Å². The number of ether oxygens (including phenoxy) is 1. The monoisotopic (exact) mass is 373 g/mol. The number of rotatable bonds is 6. The van der Waals surface area contributed by atoms with Crippen LogP contribution in [0.3, 0.4) is 0 Å². The third-order valence-corrected chi connectivity index (χ3v) is 7.93. The van der Waals surface area contributed by atoms with Crippen LogP contribution < -0.4 is 9.22 Å². The minimum Gasteiger partial charge on any atom is -0.492 e. The van der Waals surface area contributed by atoms with Crippen LogP contribution in [0.4, 0.5) is 5.69 Å². The number of nitrogens with zero attached hydrogens (tertiary/aromatic N) is 1. The second-order valence-electron chi connectivity index (χ2n) is 8.45. The molecule has 0 bridgehead atoms. The molecule has 1 aliphatic heterocycles. The summed E-state index contributed by atoms with van der Waals surface area (Å²) in [5.74, 6) is 3.74. The average Bonchev–Trinajstić information content (AvgIpc) is 3.11. The Hall–Kier alpha value is -0.670. The van der Waals surface area contributed by atoms with E-state index in [-0.39, 0.29) is 0 Å². The molecule has 2 fully saturated rings. The number of quaternary nitrogens is 1. The van der Waals surface area contributed by atoms with E-state index in [1.165, 1.54) is 75.5 Å². The normalized spacial score (nSPS) is 23.7. The van der Waals surface area contributed by atoms with Crippen LogP contribution in [-0.4, -0.2) is 18.7 Å². The number of hydrogen-bond donors (Lipinski definition) is 0. The maximum atomic E-state index is 6.21. The highest BCUT2D eigenvalue weighted by Crippen LogP contribution is 2.56. The van der Waals surface area contributed by atoms with Gasteiger partial charge in [-0.2, -0.15) is 0 Å². The molecule has 1 heterocycles. The lowest BCUT2D eigenvalue weighted by Gasteiger charge is -2.48. The Balaban J connectivity index is 1.69. The van der Waals surface area contributed by atoms with E-state index in [4.69, 9.17) is 4.74 Å². The Morgan fingerprint density at radius 1 is 0.962 bits per heavy atom. The van der Waals surface area contributed by atoms with Crippen molar-refractivity contribution in [2.75, 3.05) is 6.61 Å². The van der Waals surface area contributed by atoms with Crippen LogP contribution in [0.2, 0.25) is 0 Å². The second-order valence-corrected chi connectivity index (χ2v) is 9.30. The van der Waals surface area contributed by atoms with E-state index in [1.807, 2.05) is 11.8 Å². The summed E-state index contributed by atoms with van der Waals surface area (Å²) in [5, 5.41) is 0. The first-order valence-corrected chi connectivity index (χ1v) is 11.9. The standard InChI is InChI=1S/C23H35NOS/c1-2-3-17-25-22-16-10-15-21-23(22)26-18-24(21,19-11-6-4-7-12-19)20-13-8-5-9-14-20/h10,15-16,18-20H,2-9,11-14,17H2,1H3/q+1. The number of unbranched alkanes of at least 4 members (excludes halogenated alkanes) is 1. The van der Waals surface area contributed by atoms with E-state index < -0.39 is 0 Å². The molecule has 0 amide bonds. The Bertz CT molecular complexity index is 572. The number of fused-ring (bicyclic) bond motifs is 1. The van der Waals surface area contributed by atoms with Gasteiger partial charge in [0.15, 0.2) is 5.69 Å². The lowest BCUT2D eigenvalue weighted by molar-refractivity contribution is 0.129. The largest absolute Gasteiger partial charge is 0.492 e. The zero-order valence-corrected chi connectivity index (χ0v) is 17.2. The molecule has 2 aliphatic carbocycles. The van der Waals surface area contributed by atoms with E-state index in [1.54, 1.807) is 5.69 Å². The lowest BCUT2D eigenvalue weighted by atomic mass is 9.85. The predicted octanol–water partition coefficient (Wildman–Crippen LogP) is 7.06. The van der Waals surface area contributed by atoms with Crippen LogP contribution in [0.25, 0.3) is 0 Å². The molecule has 0 aromatic heterocycles. The van der Waals surface area contributed by atoms with Gasteiger partial charge in [0.2, 0.25) is 5.88 Å². The fourth-order valence-electron chi connectivity index (χ4n) is 5.44. The van der Waals surface area contributed by atoms with Crippen molar-refractivity contribution < 1.29 is 4.74 Å². The van der Waals surface area contributed by atoms with Crippen LogP contribution in [0, 0.1) is 5.88 Å². The van der Waals surface area contributed by atoms with Crippen LogP contribution in [0.1, 0.15) is 84.0 Å². The third-order valence-electron chi connectivity index (χ3n) is 6.83. The van der Waals surface area contributed by atoms with Gasteiger partial charge in [-0.05, 0) is 75.6 Å². The minimum absolute atomic E-state index is 0.784. The molecule has 1 aromatic carbocycles. The number of thioether (sulfide) groups is 1. The zero-order chi connectivity index (χ0) is 17.8. The molecule has 143 valence electrons. The smallest absolute Gasteiger partial charge is 0.209 e. The predicted molar refractivity (Wildman–Crippen MR) is 113 cm³/mol. The molecule has 3 aliphatic rings. The summed E-state index contributed by atoms with van der Waals surface area (Å²) in [6.45, 7) is 3.08. The van der Waals surface area contributed by atoms with Gasteiger partial charge in [0, 0.05) is 6.07 Å². The Labute approximate surface area is 164 Å². The van der Waals surface area contributed by atoms with Crippen LogP contribution >= 0.6 is 11.8 Å². The summed E-state index contributed by atoms with van der Waals surface area (Å²) in [7, 11) is 0. The van der Waals surface area contributed by atoms with Gasteiger partial charge in [0.25, 0.3) is 0 Å². The van der Waals surface area contributed by atoms with Gasteiger partial charge >= 0.3 is 0 Å². The fourth-order valence-corrected chi connectivity index (χ4v) is 6.77. The highest BCUT2D eigenvalue weighted by atomic mass is 32.2. The van der Waals surface area contributed by atoms with Crippen molar-refractivity contribution in [3.05, 3.63) is 24.1 Å². The third kappa shape index (κ3) is 3.42. The summed E-state index contributed by atoms with van der Waals surface area (Å²) in [6, 6.07) is 8.43. The van der Waals surface area contributed by atoms with E-state index >= 15 is 0 Å². The molecule has 0 unspecified atom stereocenters. The molecule has 2 saturated carbocycles. The summed E-state index contributed by atoms with van der Waals surface area (Å²) in [5.41, 5.74) is 1.56. The van der Waals surface area contributed by atoms with E-state index in [0.717, 1.165) is 35.3 Å². The van der Waals surface area contributed by atoms with Gasteiger partial charge in [-0.1, -0.05) is 32.3 Å². The molecule has 4 rings (SSSR count). The molecular weight excluding hydrogens is 338 g/mol. The quantitative estimate of drug-likeness (QED) is 0.390. The van der Waals surface area contributed by atoms with Crippen molar-refractivity contribution in [1.82, 2.24) is 4.48 Å². The second kappa shape index (κ2) is 8.56. The molecule has 3 heteroatoms. The van der Waals surface area contributed by atoms with E-state index in [9.17, 15) is 0 Å². The van der Waals surface area contributed by atoms with Gasteiger partial charge in [0.05, 0.1) is 18.7 Å². The van der Waals surface area contributed by atoms with Crippen molar-refractivity contribution in [2.24, 2.45) is 0 Å². The van der Waals surface area contributed by atoms with E-state index in [2.05, 4.69) is 31.0 Å². The lowest BCUT2D eigenvalue weighted by Crippen LogP contribution is -2.60. The Kier molecular flexibility index (Phi) is 6.15. The summed E-state index contributed by atoms with van der Waals surface area (Å²) in [6.07, 6.45) is 16.4. The molecule has 1 aromatic rings. The van der Waals surface area contributed by atoms with Crippen LogP contribution in [0.15, 0.2) is 23.1 Å². The summed E-state index contributed by atoms with van der Waals surface area (Å²) < 4.78 is 7.36. The molecular formula is C23H35NOS+. The fraction of sp³-hybridized carbons (Fsp3) is 0.696. The maximum absolute atomic E-state index is 6.21. The average molecular weight is 374 g/mol. The first kappa shape index (κ1) is 18.7. The number of benzene rings is 1. The van der Waals surface area contributed by atoms with Crippen LogP contribution in [0.5, 0.6) is 5.75 Å². The minimum atomic E-state index is 0.784. The molecule has 1 radical (unpaired) electrons. The molecule has 0 atom stereocenters. The molecule has 2 nitrogen and oxygen atoms in total. The Morgan fingerprint density at radius 2 is 1.62 bits per heavy atom. The maximum Gasteiger partial charge on any atom is 0.209 e. The van der Waals surface area contributed by atoms with Crippen molar-refractivity contribution in [2.45, 2.75) is 101 Å². The molecule has 26 heavy (non-hydrogen) atoms. The molecule has 0 N–H and O–H groups in total. The summed E-state index contributed by atoms with van der Waals surface area (Å²) in [4.78, 5) is 1.42. The van der Waals surface area contributed by atoms with Gasteiger partial charge in [-0.25, -0.2) is 0 Å². The van der Waals surface area contributed by atoms with Gasteiger partial charge < -0.3 is 4.74 Å². The zero-order valence-electron chi connectivity index (χ0n) is 16.4. The van der Waals surface area contributed by atoms with Crippen molar-refractivity contribution >= 4 is 17.4 Å². The molecule has 0 saturated heterocycles.